The van der Waals surface area contributed by atoms with Crippen LogP contribution in [0.2, 0.25) is 5.15 Å². The van der Waals surface area contributed by atoms with Crippen molar-refractivity contribution in [3.63, 3.8) is 0 Å². The average molecular weight is 254 g/mol. The Labute approximate surface area is 99.3 Å². The van der Waals surface area contributed by atoms with Gasteiger partial charge >= 0.3 is 0 Å². The molecule has 0 radical (unpaired) electrons. The fraction of sp³-hybridized carbons (Fsp3) is 0. The zero-order valence-corrected chi connectivity index (χ0v) is 9.48. The molecule has 2 aromatic heterocycles. The molecule has 0 saturated heterocycles. The lowest BCUT2D eigenvalue weighted by Gasteiger charge is -1.88. The van der Waals surface area contributed by atoms with E-state index in [-0.39, 0.29) is 11.4 Å². The summed E-state index contributed by atoms with van der Waals surface area (Å²) in [5.74, 6) is 0.170. The largest absolute Gasteiger partial charge is 0.450 e. The van der Waals surface area contributed by atoms with Crippen LogP contribution in [-0.2, 0) is 0 Å². The summed E-state index contributed by atoms with van der Waals surface area (Å²) in [5, 5.41) is 3.50. The summed E-state index contributed by atoms with van der Waals surface area (Å²) < 4.78 is 18.8. The van der Waals surface area contributed by atoms with Gasteiger partial charge in [0.1, 0.15) is 5.15 Å². The van der Waals surface area contributed by atoms with Crippen molar-refractivity contribution in [3.05, 3.63) is 40.6 Å². The summed E-state index contributed by atoms with van der Waals surface area (Å²) in [5.41, 5.74) is 0.254. The van der Waals surface area contributed by atoms with Crippen LogP contribution in [0.5, 0.6) is 0 Å². The van der Waals surface area contributed by atoms with E-state index in [9.17, 15) is 4.39 Å². The molecule has 0 amide bonds. The van der Waals surface area contributed by atoms with Gasteiger partial charge in [0.25, 0.3) is 0 Å². The van der Waals surface area contributed by atoms with Crippen LogP contribution in [0.15, 0.2) is 34.1 Å². The number of thiazole rings is 1. The third-order valence-corrected chi connectivity index (χ3v) is 3.36. The number of aromatic nitrogens is 1. The van der Waals surface area contributed by atoms with Gasteiger partial charge in [0.15, 0.2) is 22.2 Å². The topological polar surface area (TPSA) is 26.0 Å². The van der Waals surface area contributed by atoms with E-state index in [2.05, 4.69) is 4.98 Å². The molecule has 2 nitrogen and oxygen atoms in total. The van der Waals surface area contributed by atoms with Gasteiger partial charge in [0.2, 0.25) is 0 Å². The van der Waals surface area contributed by atoms with Crippen LogP contribution in [0, 0.1) is 5.82 Å². The maximum Gasteiger partial charge on any atom is 0.170 e. The van der Waals surface area contributed by atoms with E-state index < -0.39 is 0 Å². The summed E-state index contributed by atoms with van der Waals surface area (Å²) in [4.78, 5) is 4.07. The van der Waals surface area contributed by atoms with E-state index in [1.165, 1.54) is 17.4 Å². The Morgan fingerprint density at radius 1 is 1.38 bits per heavy atom. The predicted octanol–water partition coefficient (Wildman–Crippen LogP) is 4.35. The highest BCUT2D eigenvalue weighted by Crippen LogP contribution is 2.31. The molecule has 0 fully saturated rings. The first kappa shape index (κ1) is 9.81. The van der Waals surface area contributed by atoms with Gasteiger partial charge in [-0.05, 0) is 12.1 Å². The zero-order valence-electron chi connectivity index (χ0n) is 7.91. The number of furan rings is 1. The SMILES string of the molecule is Fc1cccc2cc(-c3nc(Cl)cs3)oc12. The van der Waals surface area contributed by atoms with Gasteiger partial charge in [-0.2, -0.15) is 0 Å². The Morgan fingerprint density at radius 2 is 2.25 bits per heavy atom. The molecule has 0 atom stereocenters. The molecule has 3 aromatic rings. The number of rotatable bonds is 1. The summed E-state index contributed by atoms with van der Waals surface area (Å²) >= 11 is 7.09. The number of fused-ring (bicyclic) bond motifs is 1. The van der Waals surface area contributed by atoms with Gasteiger partial charge in [0.05, 0.1) is 0 Å². The molecule has 0 saturated carbocycles. The van der Waals surface area contributed by atoms with Crippen molar-refractivity contribution < 1.29 is 8.81 Å². The molecular formula is C11H5ClFNOS. The van der Waals surface area contributed by atoms with Gasteiger partial charge in [-0.25, -0.2) is 9.37 Å². The second-order valence-corrected chi connectivity index (χ2v) is 4.49. The molecule has 2 heterocycles. The number of benzene rings is 1. The van der Waals surface area contributed by atoms with Crippen LogP contribution in [-0.4, -0.2) is 4.98 Å². The summed E-state index contributed by atoms with van der Waals surface area (Å²) in [7, 11) is 0. The minimum Gasteiger partial charge on any atom is -0.450 e. The summed E-state index contributed by atoms with van der Waals surface area (Å²) in [6, 6.07) is 6.56. The van der Waals surface area contributed by atoms with Crippen LogP contribution in [0.25, 0.3) is 21.7 Å². The fourth-order valence-electron chi connectivity index (χ4n) is 1.50. The van der Waals surface area contributed by atoms with Gasteiger partial charge in [-0.1, -0.05) is 23.7 Å². The zero-order chi connectivity index (χ0) is 11.1. The third-order valence-electron chi connectivity index (χ3n) is 2.18. The smallest absolute Gasteiger partial charge is 0.170 e. The Balaban J connectivity index is 2.22. The Kier molecular flexibility index (Phi) is 2.19. The monoisotopic (exact) mass is 253 g/mol. The number of nitrogens with zero attached hydrogens (tertiary/aromatic N) is 1. The molecular weight excluding hydrogens is 249 g/mol. The van der Waals surface area contributed by atoms with Gasteiger partial charge in [-0.15, -0.1) is 11.3 Å². The minimum atomic E-state index is -0.369. The van der Waals surface area contributed by atoms with Crippen molar-refractivity contribution in [2.75, 3.05) is 0 Å². The Hall–Kier alpha value is -1.39. The number of hydrogen-bond donors (Lipinski definition) is 0. The van der Waals surface area contributed by atoms with Crippen molar-refractivity contribution in [3.8, 4) is 10.8 Å². The summed E-state index contributed by atoms with van der Waals surface area (Å²) in [6.45, 7) is 0. The number of para-hydroxylation sites is 1. The lowest BCUT2D eigenvalue weighted by molar-refractivity contribution is 0.568. The van der Waals surface area contributed by atoms with Crippen molar-refractivity contribution in [2.24, 2.45) is 0 Å². The Morgan fingerprint density at radius 3 is 2.94 bits per heavy atom. The normalized spacial score (nSPS) is 11.1. The van der Waals surface area contributed by atoms with Crippen LogP contribution < -0.4 is 0 Å². The first-order valence-electron chi connectivity index (χ1n) is 4.53. The van der Waals surface area contributed by atoms with Crippen molar-refractivity contribution >= 4 is 33.9 Å². The van der Waals surface area contributed by atoms with E-state index in [0.717, 1.165) is 5.39 Å². The van der Waals surface area contributed by atoms with E-state index >= 15 is 0 Å². The second kappa shape index (κ2) is 3.57. The molecule has 3 rings (SSSR count). The molecule has 16 heavy (non-hydrogen) atoms. The van der Waals surface area contributed by atoms with Crippen molar-refractivity contribution in [1.29, 1.82) is 0 Å². The lowest BCUT2D eigenvalue weighted by atomic mass is 10.2. The summed E-state index contributed by atoms with van der Waals surface area (Å²) in [6.07, 6.45) is 0. The highest BCUT2D eigenvalue weighted by molar-refractivity contribution is 7.13. The molecule has 1 aromatic carbocycles. The van der Waals surface area contributed by atoms with Crippen LogP contribution in [0.1, 0.15) is 0 Å². The van der Waals surface area contributed by atoms with Gasteiger partial charge in [0, 0.05) is 10.8 Å². The first-order valence-corrected chi connectivity index (χ1v) is 5.79. The third kappa shape index (κ3) is 1.50. The minimum absolute atomic E-state index is 0.254. The predicted molar refractivity (Wildman–Crippen MR) is 62.3 cm³/mol. The molecule has 0 bridgehead atoms. The molecule has 0 N–H and O–H groups in total. The van der Waals surface area contributed by atoms with E-state index in [0.29, 0.717) is 15.9 Å². The molecule has 5 heteroatoms. The van der Waals surface area contributed by atoms with Crippen molar-refractivity contribution in [1.82, 2.24) is 4.98 Å². The van der Waals surface area contributed by atoms with E-state index in [1.54, 1.807) is 23.6 Å². The standard InChI is InChI=1S/C11H5ClFNOS/c12-9-5-16-11(14-9)8-4-6-2-1-3-7(13)10(6)15-8/h1-5H. The second-order valence-electron chi connectivity index (χ2n) is 3.24. The Bertz CT molecular complexity index is 661. The first-order chi connectivity index (χ1) is 7.74. The van der Waals surface area contributed by atoms with E-state index in [4.69, 9.17) is 16.0 Å². The average Bonchev–Trinajstić information content (AvgIpc) is 2.84. The number of halogens is 2. The molecule has 0 aliphatic rings. The maximum atomic E-state index is 13.4. The van der Waals surface area contributed by atoms with Gasteiger partial charge in [-0.3, -0.25) is 0 Å². The molecule has 80 valence electrons. The molecule has 0 aliphatic carbocycles. The lowest BCUT2D eigenvalue weighted by Crippen LogP contribution is -1.71. The van der Waals surface area contributed by atoms with Crippen LogP contribution >= 0.6 is 22.9 Å². The number of hydrogen-bond acceptors (Lipinski definition) is 3. The van der Waals surface area contributed by atoms with Gasteiger partial charge < -0.3 is 4.42 Å². The maximum absolute atomic E-state index is 13.4. The quantitative estimate of drug-likeness (QED) is 0.644. The highest BCUT2D eigenvalue weighted by Gasteiger charge is 2.12. The van der Waals surface area contributed by atoms with Crippen molar-refractivity contribution in [2.45, 2.75) is 0 Å². The molecule has 0 unspecified atom stereocenters. The van der Waals surface area contributed by atoms with Crippen LogP contribution in [0.4, 0.5) is 4.39 Å². The fourth-order valence-corrected chi connectivity index (χ4v) is 2.40. The van der Waals surface area contributed by atoms with E-state index in [1.807, 2.05) is 0 Å². The van der Waals surface area contributed by atoms with Crippen LogP contribution in [0.3, 0.4) is 0 Å². The molecule has 0 aliphatic heterocycles. The highest BCUT2D eigenvalue weighted by atomic mass is 35.5. The molecule has 0 spiro atoms.